The Morgan fingerprint density at radius 3 is 2.78 bits per heavy atom. The van der Waals surface area contributed by atoms with Gasteiger partial charge >= 0.3 is 0 Å². The lowest BCUT2D eigenvalue weighted by molar-refractivity contribution is -0.111. The lowest BCUT2D eigenvalue weighted by Crippen LogP contribution is -2.40. The molecule has 0 aromatic carbocycles. The molecule has 8 nitrogen and oxygen atoms in total. The minimum Gasteiger partial charge on any atom is -0.444 e. The van der Waals surface area contributed by atoms with E-state index in [0.29, 0.717) is 29.6 Å². The largest absolute Gasteiger partial charge is 0.444 e. The molecule has 0 saturated carbocycles. The van der Waals surface area contributed by atoms with Gasteiger partial charge in [-0.2, -0.15) is 0 Å². The van der Waals surface area contributed by atoms with Crippen LogP contribution in [0.5, 0.6) is 0 Å². The summed E-state index contributed by atoms with van der Waals surface area (Å²) in [6.07, 6.45) is 7.38. The van der Waals surface area contributed by atoms with Gasteiger partial charge in [-0.1, -0.05) is 27.4 Å². The van der Waals surface area contributed by atoms with E-state index in [-0.39, 0.29) is 17.2 Å². The van der Waals surface area contributed by atoms with Gasteiger partial charge in [0.1, 0.15) is 11.5 Å². The molecule has 0 radical (unpaired) electrons. The molecule has 4 heterocycles. The summed E-state index contributed by atoms with van der Waals surface area (Å²) in [5, 5.41) is 3.74. The predicted octanol–water partition coefficient (Wildman–Crippen LogP) is 5.64. The quantitative estimate of drug-likeness (QED) is 0.292. The molecule has 1 aliphatic heterocycles. The van der Waals surface area contributed by atoms with Crippen LogP contribution in [0.25, 0.3) is 0 Å². The fourth-order valence-electron chi connectivity index (χ4n) is 4.12. The average Bonchev–Trinajstić information content (AvgIpc) is 3.49. The van der Waals surface area contributed by atoms with Crippen molar-refractivity contribution in [3.63, 3.8) is 0 Å². The molecular weight excluding hydrogens is 506 g/mol. The third kappa shape index (κ3) is 7.07. The number of anilines is 1. The van der Waals surface area contributed by atoms with E-state index in [9.17, 15) is 9.59 Å². The molecule has 3 aromatic rings. The first-order valence-electron chi connectivity index (χ1n) is 12.4. The number of carbonyl (C=O) groups excluding carboxylic acids is 2. The summed E-state index contributed by atoms with van der Waals surface area (Å²) in [5.41, 5.74) is 1.89. The second-order valence-corrected chi connectivity index (χ2v) is 12.6. The van der Waals surface area contributed by atoms with Gasteiger partial charge in [0.25, 0.3) is 5.91 Å². The molecule has 1 aliphatic rings. The molecule has 2 amide bonds. The maximum absolute atomic E-state index is 13.1. The summed E-state index contributed by atoms with van der Waals surface area (Å²) < 4.78 is 7.11. The number of aryl methyl sites for hydroxylation is 1. The smallest absolute Gasteiger partial charge is 0.272 e. The fraction of sp³-hybridized carbons (Fsp3) is 0.444. The second kappa shape index (κ2) is 11.6. The van der Waals surface area contributed by atoms with E-state index in [2.05, 4.69) is 42.6 Å². The summed E-state index contributed by atoms with van der Waals surface area (Å²) in [7, 11) is 0. The van der Waals surface area contributed by atoms with Crippen molar-refractivity contribution in [3.05, 3.63) is 65.2 Å². The Bertz CT molecular complexity index is 1260. The topological polar surface area (TPSA) is 101 Å². The molecule has 0 unspecified atom stereocenters. The zero-order valence-corrected chi connectivity index (χ0v) is 23.4. The molecule has 0 spiro atoms. The normalized spacial score (nSPS) is 16.0. The van der Waals surface area contributed by atoms with E-state index in [1.807, 2.05) is 18.0 Å². The van der Waals surface area contributed by atoms with Crippen molar-refractivity contribution in [3.8, 4) is 0 Å². The predicted molar refractivity (Wildman–Crippen MR) is 147 cm³/mol. The average molecular weight is 540 g/mol. The number of hydrogen-bond donors (Lipinski definition) is 1. The van der Waals surface area contributed by atoms with Crippen LogP contribution < -0.4 is 5.32 Å². The Kier molecular flexibility index (Phi) is 8.49. The van der Waals surface area contributed by atoms with Crippen LogP contribution in [-0.4, -0.2) is 44.8 Å². The molecule has 1 N–H and O–H groups in total. The first-order valence-corrected chi connectivity index (χ1v) is 14.2. The van der Waals surface area contributed by atoms with Crippen molar-refractivity contribution in [2.24, 2.45) is 5.92 Å². The van der Waals surface area contributed by atoms with Gasteiger partial charge in [0.05, 0.1) is 38.7 Å². The Morgan fingerprint density at radius 2 is 2.11 bits per heavy atom. The zero-order chi connectivity index (χ0) is 26.6. The summed E-state index contributed by atoms with van der Waals surface area (Å²) in [6.45, 7) is 13.2. The number of thioether (sulfide) groups is 1. The van der Waals surface area contributed by atoms with Gasteiger partial charge in [-0.3, -0.25) is 9.59 Å². The number of likely N-dealkylation sites (tertiary alicyclic amines) is 1. The third-order valence-electron chi connectivity index (χ3n) is 6.12. The molecule has 1 saturated heterocycles. The molecule has 0 aliphatic carbocycles. The molecule has 37 heavy (non-hydrogen) atoms. The van der Waals surface area contributed by atoms with Crippen LogP contribution in [0.3, 0.4) is 0 Å². The summed E-state index contributed by atoms with van der Waals surface area (Å²) in [6, 6.07) is 3.33. The molecule has 0 bridgehead atoms. The number of nitrogens with one attached hydrogen (secondary N) is 1. The minimum absolute atomic E-state index is 0.0542. The monoisotopic (exact) mass is 539 g/mol. The Balaban J connectivity index is 1.32. The number of oxazole rings is 1. The lowest BCUT2D eigenvalue weighted by Gasteiger charge is -2.32. The number of pyridine rings is 1. The van der Waals surface area contributed by atoms with Gasteiger partial charge in [0.15, 0.2) is 0 Å². The Hall–Kier alpha value is -2.98. The van der Waals surface area contributed by atoms with E-state index in [1.165, 1.54) is 16.5 Å². The maximum Gasteiger partial charge on any atom is 0.272 e. The molecule has 1 fully saturated rings. The summed E-state index contributed by atoms with van der Waals surface area (Å²) in [5.74, 6) is 2.26. The van der Waals surface area contributed by atoms with Crippen molar-refractivity contribution >= 4 is 40.6 Å². The molecule has 1 atom stereocenters. The zero-order valence-electron chi connectivity index (χ0n) is 21.7. The van der Waals surface area contributed by atoms with Crippen LogP contribution in [0.1, 0.15) is 66.5 Å². The molecule has 4 rings (SSSR count). The van der Waals surface area contributed by atoms with Gasteiger partial charge in [-0.15, -0.1) is 23.1 Å². The van der Waals surface area contributed by atoms with Crippen LogP contribution in [0.2, 0.25) is 0 Å². The van der Waals surface area contributed by atoms with Gasteiger partial charge in [0, 0.05) is 24.9 Å². The van der Waals surface area contributed by atoms with Crippen LogP contribution >= 0.6 is 23.1 Å². The van der Waals surface area contributed by atoms with Crippen molar-refractivity contribution < 1.29 is 14.0 Å². The van der Waals surface area contributed by atoms with E-state index >= 15 is 0 Å². The lowest BCUT2D eigenvalue weighted by atomic mass is 9.94. The molecule has 10 heteroatoms. The van der Waals surface area contributed by atoms with E-state index in [1.54, 1.807) is 35.2 Å². The first-order chi connectivity index (χ1) is 17.6. The van der Waals surface area contributed by atoms with Crippen molar-refractivity contribution in [2.75, 3.05) is 18.4 Å². The number of piperidine rings is 1. The molecular formula is C27H33N5O3S2. The number of hydrogen-bond acceptors (Lipinski definition) is 8. The number of nitrogens with zero attached hydrogens (tertiary/aromatic N) is 4. The number of rotatable bonds is 8. The highest BCUT2D eigenvalue weighted by Gasteiger charge is 2.26. The maximum atomic E-state index is 13.1. The summed E-state index contributed by atoms with van der Waals surface area (Å²) >= 11 is 3.44. The van der Waals surface area contributed by atoms with E-state index in [0.717, 1.165) is 48.2 Å². The fourth-order valence-corrected chi connectivity index (χ4v) is 6.37. The van der Waals surface area contributed by atoms with Gasteiger partial charge in [-0.25, -0.2) is 15.0 Å². The van der Waals surface area contributed by atoms with E-state index in [4.69, 9.17) is 9.40 Å². The van der Waals surface area contributed by atoms with Gasteiger partial charge < -0.3 is 14.6 Å². The SMILES string of the molecule is C=CC(=O)Nc1ccc(C(=O)N2CCC[C@@H](Cc3nc(C)c(SCc4ncc(C(C)(C)C)o4)s3)C2)nc1. The highest BCUT2D eigenvalue weighted by atomic mass is 32.2. The highest BCUT2D eigenvalue weighted by molar-refractivity contribution is 8.00. The third-order valence-corrected chi connectivity index (χ3v) is 8.65. The first kappa shape index (κ1) is 27.1. The van der Waals surface area contributed by atoms with Crippen molar-refractivity contribution in [2.45, 2.75) is 62.3 Å². The minimum atomic E-state index is -0.314. The van der Waals surface area contributed by atoms with Crippen LogP contribution in [-0.2, 0) is 22.4 Å². The van der Waals surface area contributed by atoms with Crippen molar-refractivity contribution in [1.82, 2.24) is 19.9 Å². The van der Waals surface area contributed by atoms with E-state index < -0.39 is 0 Å². The number of carbonyl (C=O) groups is 2. The molecule has 3 aromatic heterocycles. The van der Waals surface area contributed by atoms with Crippen LogP contribution in [0, 0.1) is 12.8 Å². The number of thiazole rings is 1. The highest BCUT2D eigenvalue weighted by Crippen LogP contribution is 2.34. The standard InChI is InChI=1S/C27H33N5O3S2/c1-6-22(33)31-19-9-10-20(28-13-19)25(34)32-11-7-8-18(15-32)12-24-30-17(2)26(37-24)36-16-23-29-14-21(35-23)27(3,4)5/h6,9-10,13-14,18H,1,7-8,11-12,15-16H2,2-5H3,(H,31,33)/t18-/m0/s1. The number of aromatic nitrogens is 3. The summed E-state index contributed by atoms with van der Waals surface area (Å²) in [4.78, 5) is 39.9. The molecule has 196 valence electrons. The second-order valence-electron chi connectivity index (χ2n) is 10.2. The van der Waals surface area contributed by atoms with Crippen LogP contribution in [0.15, 0.2) is 45.8 Å². The Morgan fingerprint density at radius 1 is 1.30 bits per heavy atom. The number of amides is 2. The van der Waals surface area contributed by atoms with Gasteiger partial charge in [-0.05, 0) is 43.9 Å². The van der Waals surface area contributed by atoms with Gasteiger partial charge in [0.2, 0.25) is 11.8 Å². The Labute approximate surface area is 226 Å². The van der Waals surface area contributed by atoms with Crippen LogP contribution in [0.4, 0.5) is 5.69 Å². The van der Waals surface area contributed by atoms with Crippen molar-refractivity contribution in [1.29, 1.82) is 0 Å².